The fraction of sp³-hybridized carbons (Fsp3) is 0.286. The van der Waals surface area contributed by atoms with Crippen LogP contribution in [0.3, 0.4) is 0 Å². The molecule has 7 heteroatoms. The molecule has 2 amide bonds. The van der Waals surface area contributed by atoms with Crippen molar-refractivity contribution in [2.75, 3.05) is 12.3 Å². The van der Waals surface area contributed by atoms with Gasteiger partial charge in [0, 0.05) is 35.3 Å². The highest BCUT2D eigenvalue weighted by molar-refractivity contribution is 7.99. The van der Waals surface area contributed by atoms with Gasteiger partial charge >= 0.3 is 0 Å². The summed E-state index contributed by atoms with van der Waals surface area (Å²) in [5.74, 6) is 0.708. The Labute approximate surface area is 222 Å². The number of nitrogens with one attached hydrogen (secondary N) is 1. The van der Waals surface area contributed by atoms with Crippen LogP contribution in [0, 0.1) is 0 Å². The molecule has 3 aromatic carbocycles. The Morgan fingerprint density at radius 1 is 0.886 bits per heavy atom. The van der Waals surface area contributed by atoms with E-state index in [1.54, 1.807) is 11.0 Å². The molecule has 35 heavy (non-hydrogen) atoms. The number of hydrogen-bond acceptors (Lipinski definition) is 3. The average Bonchev–Trinajstić information content (AvgIpc) is 2.86. The van der Waals surface area contributed by atoms with E-state index < -0.39 is 6.04 Å². The monoisotopic (exact) mass is 528 g/mol. The third-order valence-corrected chi connectivity index (χ3v) is 6.95. The van der Waals surface area contributed by atoms with Gasteiger partial charge in [0.2, 0.25) is 11.8 Å². The molecule has 3 aromatic rings. The second-order valence-electron chi connectivity index (χ2n) is 8.27. The van der Waals surface area contributed by atoms with E-state index in [-0.39, 0.29) is 17.6 Å². The van der Waals surface area contributed by atoms with Crippen molar-refractivity contribution in [1.82, 2.24) is 10.2 Å². The molecule has 0 aliphatic rings. The fourth-order valence-corrected chi connectivity index (χ4v) is 4.88. The Bertz CT molecular complexity index is 1090. The van der Waals surface area contributed by atoms with E-state index in [0.29, 0.717) is 35.3 Å². The first-order chi connectivity index (χ1) is 17.0. The second kappa shape index (κ2) is 14.2. The number of halogens is 2. The molecule has 0 bridgehead atoms. The molecule has 0 saturated heterocycles. The number of carbonyl (C=O) groups is 2. The smallest absolute Gasteiger partial charge is 0.243 e. The Morgan fingerprint density at radius 3 is 2.29 bits per heavy atom. The Kier molecular flexibility index (Phi) is 11.0. The minimum Gasteiger partial charge on any atom is -0.354 e. The highest BCUT2D eigenvalue weighted by atomic mass is 35.5. The summed E-state index contributed by atoms with van der Waals surface area (Å²) in [5, 5.41) is 4.28. The molecule has 1 atom stereocenters. The third kappa shape index (κ3) is 8.92. The lowest BCUT2D eigenvalue weighted by molar-refractivity contribution is -0.139. The van der Waals surface area contributed by atoms with Gasteiger partial charge in [-0.15, -0.1) is 11.8 Å². The summed E-state index contributed by atoms with van der Waals surface area (Å²) < 4.78 is 0. The Morgan fingerprint density at radius 2 is 1.60 bits per heavy atom. The number of nitrogens with zero attached hydrogens (tertiary/aromatic N) is 1. The van der Waals surface area contributed by atoms with E-state index >= 15 is 0 Å². The number of thioether (sulfide) groups is 1. The SMILES string of the molecule is CCCNC(=O)[C@@H](Cc1ccccc1)N(Cc1cccc(Cl)c1)C(=O)CSCc1ccc(Cl)cc1. The maximum absolute atomic E-state index is 13.6. The van der Waals surface area contributed by atoms with E-state index in [9.17, 15) is 9.59 Å². The molecule has 0 aromatic heterocycles. The van der Waals surface area contributed by atoms with Crippen molar-refractivity contribution in [3.8, 4) is 0 Å². The van der Waals surface area contributed by atoms with Gasteiger partial charge in [0.25, 0.3) is 0 Å². The van der Waals surface area contributed by atoms with Gasteiger partial charge in [0.05, 0.1) is 5.75 Å². The summed E-state index contributed by atoms with van der Waals surface area (Å²) in [6, 6.07) is 24.2. The van der Waals surface area contributed by atoms with E-state index in [4.69, 9.17) is 23.2 Å². The summed E-state index contributed by atoms with van der Waals surface area (Å²) in [7, 11) is 0. The lowest BCUT2D eigenvalue weighted by Crippen LogP contribution is -2.51. The van der Waals surface area contributed by atoms with Crippen LogP contribution < -0.4 is 5.32 Å². The fourth-order valence-electron chi connectivity index (χ4n) is 3.67. The molecule has 0 fully saturated rings. The van der Waals surface area contributed by atoms with E-state index in [2.05, 4.69) is 5.32 Å². The molecule has 0 saturated carbocycles. The van der Waals surface area contributed by atoms with Crippen LogP contribution in [0.1, 0.15) is 30.0 Å². The minimum atomic E-state index is -0.633. The summed E-state index contributed by atoms with van der Waals surface area (Å²) in [6.07, 6.45) is 1.26. The summed E-state index contributed by atoms with van der Waals surface area (Å²) in [6.45, 7) is 2.88. The van der Waals surface area contributed by atoms with Crippen LogP contribution in [-0.4, -0.2) is 35.1 Å². The first kappa shape index (κ1) is 27.1. The van der Waals surface area contributed by atoms with Gasteiger partial charge in [-0.3, -0.25) is 9.59 Å². The molecule has 3 rings (SSSR count). The molecular weight excluding hydrogens is 499 g/mol. The molecule has 0 aliphatic heterocycles. The largest absolute Gasteiger partial charge is 0.354 e. The van der Waals surface area contributed by atoms with Gasteiger partial charge in [-0.25, -0.2) is 0 Å². The van der Waals surface area contributed by atoms with Crippen LogP contribution in [0.2, 0.25) is 10.0 Å². The van der Waals surface area contributed by atoms with Crippen molar-refractivity contribution in [3.05, 3.63) is 106 Å². The standard InChI is InChI=1S/C28H30Cl2N2O2S/c1-2-15-31-28(34)26(17-21-7-4-3-5-8-21)32(18-23-9-6-10-25(30)16-23)27(33)20-35-19-22-11-13-24(29)14-12-22/h3-14,16,26H,2,15,17-20H2,1H3,(H,31,34)/t26-/m1/s1. The molecular formula is C28H30Cl2N2O2S. The van der Waals surface area contributed by atoms with Gasteiger partial charge in [0.15, 0.2) is 0 Å². The molecule has 0 heterocycles. The lowest BCUT2D eigenvalue weighted by atomic mass is 10.0. The molecule has 0 unspecified atom stereocenters. The van der Waals surface area contributed by atoms with Gasteiger partial charge in [-0.1, -0.05) is 84.7 Å². The summed E-state index contributed by atoms with van der Waals surface area (Å²) in [4.78, 5) is 28.5. The van der Waals surface area contributed by atoms with E-state index in [0.717, 1.165) is 23.1 Å². The van der Waals surface area contributed by atoms with Gasteiger partial charge in [-0.2, -0.15) is 0 Å². The predicted molar refractivity (Wildman–Crippen MR) is 147 cm³/mol. The quantitative estimate of drug-likeness (QED) is 0.296. The normalized spacial score (nSPS) is 11.6. The average molecular weight is 530 g/mol. The number of rotatable bonds is 12. The first-order valence-electron chi connectivity index (χ1n) is 11.6. The second-order valence-corrected chi connectivity index (χ2v) is 10.1. The summed E-state index contributed by atoms with van der Waals surface area (Å²) >= 11 is 13.7. The number of hydrogen-bond donors (Lipinski definition) is 1. The molecule has 184 valence electrons. The zero-order valence-corrected chi connectivity index (χ0v) is 22.1. The maximum Gasteiger partial charge on any atom is 0.243 e. The van der Waals surface area contributed by atoms with Crippen molar-refractivity contribution in [3.63, 3.8) is 0 Å². The molecule has 0 aliphatic carbocycles. The number of carbonyl (C=O) groups excluding carboxylic acids is 2. The van der Waals surface area contributed by atoms with Crippen molar-refractivity contribution in [2.24, 2.45) is 0 Å². The van der Waals surface area contributed by atoms with Crippen molar-refractivity contribution in [1.29, 1.82) is 0 Å². The van der Waals surface area contributed by atoms with Gasteiger partial charge < -0.3 is 10.2 Å². The van der Waals surface area contributed by atoms with Crippen LogP contribution in [0.4, 0.5) is 0 Å². The van der Waals surface area contributed by atoms with Crippen molar-refractivity contribution in [2.45, 2.75) is 38.1 Å². The van der Waals surface area contributed by atoms with Crippen LogP contribution in [0.25, 0.3) is 0 Å². The highest BCUT2D eigenvalue weighted by Crippen LogP contribution is 2.20. The maximum atomic E-state index is 13.6. The van der Waals surface area contributed by atoms with Gasteiger partial charge in [0.1, 0.15) is 6.04 Å². The highest BCUT2D eigenvalue weighted by Gasteiger charge is 2.30. The number of amides is 2. The zero-order valence-electron chi connectivity index (χ0n) is 19.8. The van der Waals surface area contributed by atoms with Crippen LogP contribution in [-0.2, 0) is 28.3 Å². The van der Waals surface area contributed by atoms with Crippen molar-refractivity contribution >= 4 is 46.8 Å². The van der Waals surface area contributed by atoms with Crippen LogP contribution in [0.5, 0.6) is 0 Å². The van der Waals surface area contributed by atoms with E-state index in [1.165, 1.54) is 11.8 Å². The first-order valence-corrected chi connectivity index (χ1v) is 13.5. The van der Waals surface area contributed by atoms with Crippen LogP contribution in [0.15, 0.2) is 78.9 Å². The van der Waals surface area contributed by atoms with Crippen LogP contribution >= 0.6 is 35.0 Å². The van der Waals surface area contributed by atoms with Gasteiger partial charge in [-0.05, 0) is 47.4 Å². The number of benzene rings is 3. The third-order valence-electron chi connectivity index (χ3n) is 5.47. The lowest BCUT2D eigenvalue weighted by Gasteiger charge is -2.31. The summed E-state index contributed by atoms with van der Waals surface area (Å²) in [5.41, 5.74) is 2.98. The predicted octanol–water partition coefficient (Wildman–Crippen LogP) is 6.39. The zero-order chi connectivity index (χ0) is 25.0. The Hall–Kier alpha value is -2.47. The molecule has 4 nitrogen and oxygen atoms in total. The molecule has 1 N–H and O–H groups in total. The van der Waals surface area contributed by atoms with Crippen molar-refractivity contribution < 1.29 is 9.59 Å². The minimum absolute atomic E-state index is 0.0866. The Balaban J connectivity index is 1.82. The molecule has 0 spiro atoms. The molecule has 0 radical (unpaired) electrons. The van der Waals surface area contributed by atoms with E-state index in [1.807, 2.05) is 79.7 Å². The topological polar surface area (TPSA) is 49.4 Å².